The van der Waals surface area contributed by atoms with Gasteiger partial charge in [0.25, 0.3) is 0 Å². The minimum Gasteiger partial charge on any atom is -0.345 e. The van der Waals surface area contributed by atoms with Crippen LogP contribution in [0.1, 0.15) is 18.7 Å². The van der Waals surface area contributed by atoms with Crippen molar-refractivity contribution in [2.45, 2.75) is 31.6 Å². The van der Waals surface area contributed by atoms with Crippen molar-refractivity contribution in [2.24, 2.45) is 13.0 Å². The van der Waals surface area contributed by atoms with Crippen LogP contribution in [-0.2, 0) is 23.2 Å². The summed E-state index contributed by atoms with van der Waals surface area (Å²) in [5, 5.41) is 0. The van der Waals surface area contributed by atoms with E-state index < -0.39 is 6.17 Å². The molecule has 2 fully saturated rings. The predicted octanol–water partition coefficient (Wildman–Crippen LogP) is 0.269. The maximum absolute atomic E-state index is 14.0. The molecular weight excluding hydrogens is 325 g/mol. The summed E-state index contributed by atoms with van der Waals surface area (Å²) in [4.78, 5) is 33.9. The van der Waals surface area contributed by atoms with Crippen molar-refractivity contribution in [2.75, 3.05) is 33.7 Å². The Morgan fingerprint density at radius 2 is 2.16 bits per heavy atom. The number of hydrogen-bond donors (Lipinski definition) is 0. The minimum absolute atomic E-state index is 0.00727. The lowest BCUT2D eigenvalue weighted by Gasteiger charge is -2.29. The van der Waals surface area contributed by atoms with Crippen molar-refractivity contribution >= 4 is 11.8 Å². The molecule has 0 spiro atoms. The summed E-state index contributed by atoms with van der Waals surface area (Å²) in [6.07, 6.45) is 3.42. The van der Waals surface area contributed by atoms with E-state index in [0.29, 0.717) is 32.6 Å². The Bertz CT molecular complexity index is 649. The number of hydrogen-bond acceptors (Lipinski definition) is 4. The van der Waals surface area contributed by atoms with Crippen molar-refractivity contribution in [1.29, 1.82) is 0 Å². The van der Waals surface area contributed by atoms with Gasteiger partial charge in [0, 0.05) is 65.6 Å². The Hall–Kier alpha value is -1.96. The molecule has 1 aromatic rings. The monoisotopic (exact) mass is 351 g/mol. The van der Waals surface area contributed by atoms with E-state index in [9.17, 15) is 14.0 Å². The number of carbonyl (C=O) groups excluding carboxylic acids is 2. The van der Waals surface area contributed by atoms with Crippen LogP contribution in [0.4, 0.5) is 4.39 Å². The van der Waals surface area contributed by atoms with Crippen LogP contribution in [0.15, 0.2) is 12.4 Å². The topological polar surface area (TPSA) is 61.7 Å². The number of aromatic nitrogens is 2. The Morgan fingerprint density at radius 1 is 1.40 bits per heavy atom. The van der Waals surface area contributed by atoms with Crippen LogP contribution >= 0.6 is 0 Å². The number of alkyl halides is 1. The molecule has 2 amide bonds. The fourth-order valence-corrected chi connectivity index (χ4v) is 3.78. The Labute approximate surface area is 147 Å². The maximum atomic E-state index is 14.0. The van der Waals surface area contributed by atoms with Crippen LogP contribution in [0.2, 0.25) is 0 Å². The molecule has 3 rings (SSSR count). The van der Waals surface area contributed by atoms with Crippen LogP contribution in [0.25, 0.3) is 0 Å². The van der Waals surface area contributed by atoms with E-state index in [0.717, 1.165) is 5.82 Å². The lowest BCUT2D eigenvalue weighted by molar-refractivity contribution is -0.135. The highest BCUT2D eigenvalue weighted by atomic mass is 19.1. The molecule has 1 aromatic heterocycles. The van der Waals surface area contributed by atoms with Gasteiger partial charge >= 0.3 is 0 Å². The first-order chi connectivity index (χ1) is 11.8. The number of nitrogens with zero attached hydrogens (tertiary/aromatic N) is 5. The van der Waals surface area contributed by atoms with Crippen LogP contribution in [0.3, 0.4) is 0 Å². The molecule has 2 saturated heterocycles. The average molecular weight is 351 g/mol. The van der Waals surface area contributed by atoms with E-state index in [4.69, 9.17) is 0 Å². The van der Waals surface area contributed by atoms with Gasteiger partial charge in [-0.1, -0.05) is 0 Å². The van der Waals surface area contributed by atoms with Gasteiger partial charge in [0.05, 0.1) is 12.5 Å². The Balaban J connectivity index is 1.60. The normalized spacial score (nSPS) is 27.3. The van der Waals surface area contributed by atoms with E-state index in [1.165, 1.54) is 0 Å². The van der Waals surface area contributed by atoms with Crippen molar-refractivity contribution in [1.82, 2.24) is 24.3 Å². The van der Waals surface area contributed by atoms with E-state index in [1.807, 2.05) is 17.8 Å². The molecule has 0 saturated carbocycles. The summed E-state index contributed by atoms with van der Waals surface area (Å²) in [6, 6.07) is -0.0320. The fourth-order valence-electron chi connectivity index (χ4n) is 3.78. The van der Waals surface area contributed by atoms with E-state index in [-0.39, 0.29) is 30.2 Å². The first kappa shape index (κ1) is 17.8. The second kappa shape index (κ2) is 7.11. The molecule has 2 aliphatic heterocycles. The zero-order valence-electron chi connectivity index (χ0n) is 15.1. The fraction of sp³-hybridized carbons (Fsp3) is 0.706. The molecule has 0 unspecified atom stereocenters. The number of aryl methyl sites for hydroxylation is 1. The van der Waals surface area contributed by atoms with Crippen molar-refractivity contribution in [3.63, 3.8) is 0 Å². The second-order valence-electron chi connectivity index (χ2n) is 7.26. The number of halogens is 1. The zero-order valence-corrected chi connectivity index (χ0v) is 15.1. The molecule has 25 heavy (non-hydrogen) atoms. The zero-order chi connectivity index (χ0) is 18.1. The number of likely N-dealkylation sites (N-methyl/N-ethyl adjacent to an activating group) is 1. The highest BCUT2D eigenvalue weighted by Gasteiger charge is 2.37. The number of carbonyl (C=O) groups is 2. The molecule has 138 valence electrons. The molecule has 0 bridgehead atoms. The van der Waals surface area contributed by atoms with E-state index in [1.54, 1.807) is 30.1 Å². The van der Waals surface area contributed by atoms with Crippen LogP contribution in [0, 0.1) is 5.92 Å². The van der Waals surface area contributed by atoms with Crippen LogP contribution in [0.5, 0.6) is 0 Å². The number of amides is 2. The van der Waals surface area contributed by atoms with E-state index in [2.05, 4.69) is 9.88 Å². The van der Waals surface area contributed by atoms with Crippen molar-refractivity contribution in [3.05, 3.63) is 18.2 Å². The molecule has 3 atom stereocenters. The molecule has 0 aromatic carbocycles. The smallest absolute Gasteiger partial charge is 0.227 e. The van der Waals surface area contributed by atoms with E-state index >= 15 is 0 Å². The average Bonchev–Trinajstić information content (AvgIpc) is 3.21. The maximum Gasteiger partial charge on any atom is 0.227 e. The number of rotatable bonds is 5. The van der Waals surface area contributed by atoms with Gasteiger partial charge in [-0.2, -0.15) is 0 Å². The van der Waals surface area contributed by atoms with Gasteiger partial charge in [-0.15, -0.1) is 0 Å². The molecule has 2 aliphatic rings. The number of likely N-dealkylation sites (tertiary alicyclic amines) is 2. The van der Waals surface area contributed by atoms with Gasteiger partial charge < -0.3 is 14.4 Å². The standard InChI is InChI=1S/C17H26FN5O2/c1-20-5-4-19-15(20)11-23-9-13(18)7-14(23)10-22(3)17(25)12-6-16(24)21(2)8-12/h4-5,12-14H,6-11H2,1-3H3/t12-,13-,14-/m0/s1. The third-order valence-corrected chi connectivity index (χ3v) is 5.29. The third kappa shape index (κ3) is 3.84. The Morgan fingerprint density at radius 3 is 2.76 bits per heavy atom. The summed E-state index contributed by atoms with van der Waals surface area (Å²) in [6.45, 7) is 1.87. The van der Waals surface area contributed by atoms with Crippen molar-refractivity contribution < 1.29 is 14.0 Å². The highest BCUT2D eigenvalue weighted by molar-refractivity contribution is 5.89. The lowest BCUT2D eigenvalue weighted by Crippen LogP contribution is -2.43. The van der Waals surface area contributed by atoms with Gasteiger partial charge in [-0.05, 0) is 6.42 Å². The van der Waals surface area contributed by atoms with Gasteiger partial charge in [-0.25, -0.2) is 9.37 Å². The molecular formula is C17H26FN5O2. The van der Waals surface area contributed by atoms with Crippen molar-refractivity contribution in [3.8, 4) is 0 Å². The van der Waals surface area contributed by atoms with Gasteiger partial charge in [-0.3, -0.25) is 14.5 Å². The third-order valence-electron chi connectivity index (χ3n) is 5.29. The molecule has 3 heterocycles. The van der Waals surface area contributed by atoms with Gasteiger partial charge in [0.1, 0.15) is 12.0 Å². The summed E-state index contributed by atoms with van der Waals surface area (Å²) in [5.74, 6) is 0.578. The van der Waals surface area contributed by atoms with Crippen LogP contribution in [-0.4, -0.2) is 82.0 Å². The molecule has 8 heteroatoms. The first-order valence-electron chi connectivity index (χ1n) is 8.68. The predicted molar refractivity (Wildman–Crippen MR) is 90.3 cm³/mol. The quantitative estimate of drug-likeness (QED) is 0.764. The van der Waals surface area contributed by atoms with Crippen LogP contribution < -0.4 is 0 Å². The summed E-state index contributed by atoms with van der Waals surface area (Å²) in [7, 11) is 5.38. The van der Waals surface area contributed by atoms with Gasteiger partial charge in [0.2, 0.25) is 11.8 Å². The first-order valence-corrected chi connectivity index (χ1v) is 8.68. The molecule has 0 radical (unpaired) electrons. The SMILES string of the molecule is CN1C[C@@H](C(=O)N(C)C[C@@H]2C[C@H](F)CN2Cc2nccn2C)CC1=O. The second-order valence-corrected chi connectivity index (χ2v) is 7.26. The Kier molecular flexibility index (Phi) is 5.08. The lowest BCUT2D eigenvalue weighted by atomic mass is 10.1. The largest absolute Gasteiger partial charge is 0.345 e. The summed E-state index contributed by atoms with van der Waals surface area (Å²) >= 11 is 0. The van der Waals surface area contributed by atoms with Gasteiger partial charge in [0.15, 0.2) is 0 Å². The molecule has 7 nitrogen and oxygen atoms in total. The summed E-state index contributed by atoms with van der Waals surface area (Å²) in [5.41, 5.74) is 0. The number of imidazole rings is 1. The minimum atomic E-state index is -0.882. The highest BCUT2D eigenvalue weighted by Crippen LogP contribution is 2.24. The molecule has 0 N–H and O–H groups in total. The molecule has 0 aliphatic carbocycles. The summed E-state index contributed by atoms with van der Waals surface area (Å²) < 4.78 is 15.9.